The molecular formula is C12H18N2O3S. The number of anilines is 2. The van der Waals surface area contributed by atoms with Crippen LogP contribution in [0.4, 0.5) is 11.4 Å². The zero-order valence-electron chi connectivity index (χ0n) is 10.7. The summed E-state index contributed by atoms with van der Waals surface area (Å²) in [6, 6.07) is 5.06. The number of sulfone groups is 1. The summed E-state index contributed by atoms with van der Waals surface area (Å²) >= 11 is 0. The van der Waals surface area contributed by atoms with Gasteiger partial charge < -0.3 is 11.1 Å². The molecule has 0 aliphatic heterocycles. The maximum absolute atomic E-state index is 11.6. The molecule has 6 heteroatoms. The maximum Gasteiger partial charge on any atom is 0.239 e. The monoisotopic (exact) mass is 270 g/mol. The first-order chi connectivity index (χ1) is 8.22. The minimum Gasteiger partial charge on any atom is -0.398 e. The van der Waals surface area contributed by atoms with Crippen LogP contribution in [0.2, 0.25) is 0 Å². The SMILES string of the molecule is Cc1ccc(NC(=O)CS(=O)(=O)C(C)C)cc1N. The summed E-state index contributed by atoms with van der Waals surface area (Å²) in [6.45, 7) is 4.95. The second-order valence-electron chi connectivity index (χ2n) is 4.48. The van der Waals surface area contributed by atoms with E-state index in [-0.39, 0.29) is 0 Å². The fourth-order valence-corrected chi connectivity index (χ4v) is 2.04. The molecule has 0 aliphatic rings. The normalized spacial score (nSPS) is 11.6. The van der Waals surface area contributed by atoms with Crippen molar-refractivity contribution in [3.8, 4) is 0 Å². The predicted octanol–water partition coefficient (Wildman–Crippen LogP) is 1.34. The number of benzene rings is 1. The smallest absolute Gasteiger partial charge is 0.239 e. The van der Waals surface area contributed by atoms with Crippen molar-refractivity contribution in [2.45, 2.75) is 26.0 Å². The van der Waals surface area contributed by atoms with Gasteiger partial charge in [0.05, 0.1) is 5.25 Å². The van der Waals surface area contributed by atoms with Gasteiger partial charge in [-0.1, -0.05) is 6.07 Å². The Labute approximate surface area is 107 Å². The van der Waals surface area contributed by atoms with Crippen molar-refractivity contribution in [2.24, 2.45) is 0 Å². The largest absolute Gasteiger partial charge is 0.398 e. The van der Waals surface area contributed by atoms with Crippen molar-refractivity contribution in [1.29, 1.82) is 0 Å². The first-order valence-electron chi connectivity index (χ1n) is 5.60. The molecule has 0 saturated carbocycles. The summed E-state index contributed by atoms with van der Waals surface area (Å²) in [5.74, 6) is -1.06. The van der Waals surface area contributed by atoms with Gasteiger partial charge in [0.25, 0.3) is 0 Å². The summed E-state index contributed by atoms with van der Waals surface area (Å²) < 4.78 is 23.1. The van der Waals surface area contributed by atoms with E-state index in [1.54, 1.807) is 32.0 Å². The van der Waals surface area contributed by atoms with Crippen LogP contribution in [0.5, 0.6) is 0 Å². The van der Waals surface area contributed by atoms with Gasteiger partial charge in [-0.3, -0.25) is 4.79 Å². The molecule has 0 heterocycles. The van der Waals surface area contributed by atoms with Gasteiger partial charge in [0.1, 0.15) is 5.75 Å². The summed E-state index contributed by atoms with van der Waals surface area (Å²) in [7, 11) is -3.38. The van der Waals surface area contributed by atoms with Crippen molar-refractivity contribution < 1.29 is 13.2 Å². The van der Waals surface area contributed by atoms with Crippen LogP contribution in [0.15, 0.2) is 18.2 Å². The first kappa shape index (κ1) is 14.5. The average molecular weight is 270 g/mol. The minimum absolute atomic E-state index is 0.502. The summed E-state index contributed by atoms with van der Waals surface area (Å²) in [6.07, 6.45) is 0. The molecule has 1 aromatic carbocycles. The van der Waals surface area contributed by atoms with E-state index in [2.05, 4.69) is 5.32 Å². The Bertz CT molecular complexity index is 550. The fourth-order valence-electron chi connectivity index (χ4n) is 1.26. The van der Waals surface area contributed by atoms with Crippen LogP contribution in [0.25, 0.3) is 0 Å². The van der Waals surface area contributed by atoms with E-state index in [9.17, 15) is 13.2 Å². The number of hydrogen-bond donors (Lipinski definition) is 2. The van der Waals surface area contributed by atoms with Gasteiger partial charge in [0.2, 0.25) is 5.91 Å². The third-order valence-corrected chi connectivity index (χ3v) is 4.71. The number of nitrogens with one attached hydrogen (secondary N) is 1. The quantitative estimate of drug-likeness (QED) is 0.808. The van der Waals surface area contributed by atoms with Crippen LogP contribution in [-0.4, -0.2) is 25.3 Å². The molecule has 1 amide bonds. The Morgan fingerprint density at radius 2 is 2.00 bits per heavy atom. The molecule has 1 rings (SSSR count). The van der Waals surface area contributed by atoms with Gasteiger partial charge in [0, 0.05) is 11.4 Å². The summed E-state index contributed by atoms with van der Waals surface area (Å²) in [4.78, 5) is 11.6. The van der Waals surface area contributed by atoms with Crippen LogP contribution in [0, 0.1) is 6.92 Å². The molecule has 100 valence electrons. The molecule has 0 unspecified atom stereocenters. The van der Waals surface area contributed by atoms with Crippen LogP contribution in [0.3, 0.4) is 0 Å². The third kappa shape index (κ3) is 3.73. The van der Waals surface area contributed by atoms with E-state index in [1.165, 1.54) is 0 Å². The first-order valence-corrected chi connectivity index (χ1v) is 7.31. The van der Waals surface area contributed by atoms with Gasteiger partial charge in [-0.25, -0.2) is 8.42 Å². The van der Waals surface area contributed by atoms with Crippen molar-refractivity contribution in [3.05, 3.63) is 23.8 Å². The van der Waals surface area contributed by atoms with E-state index >= 15 is 0 Å². The highest BCUT2D eigenvalue weighted by molar-refractivity contribution is 7.92. The maximum atomic E-state index is 11.6. The number of carbonyl (C=O) groups excluding carboxylic acids is 1. The van der Waals surface area contributed by atoms with Crippen LogP contribution < -0.4 is 11.1 Å². The second kappa shape index (κ2) is 5.39. The standard InChI is InChI=1S/C12H18N2O3S/c1-8(2)18(16,17)7-12(15)14-10-5-4-9(3)11(13)6-10/h4-6,8H,7,13H2,1-3H3,(H,14,15). The van der Waals surface area contributed by atoms with E-state index in [1.807, 2.05) is 6.92 Å². The van der Waals surface area contributed by atoms with Gasteiger partial charge >= 0.3 is 0 Å². The molecule has 5 nitrogen and oxygen atoms in total. The number of hydrogen-bond acceptors (Lipinski definition) is 4. The minimum atomic E-state index is -3.38. The van der Waals surface area contributed by atoms with Gasteiger partial charge in [-0.15, -0.1) is 0 Å². The second-order valence-corrected chi connectivity index (χ2v) is 7.03. The average Bonchev–Trinajstić information content (AvgIpc) is 2.22. The van der Waals surface area contributed by atoms with Gasteiger partial charge in [0.15, 0.2) is 9.84 Å². The highest BCUT2D eigenvalue weighted by atomic mass is 32.2. The molecule has 0 aliphatic carbocycles. The van der Waals surface area contributed by atoms with Crippen molar-refractivity contribution >= 4 is 27.1 Å². The molecule has 18 heavy (non-hydrogen) atoms. The summed E-state index contributed by atoms with van der Waals surface area (Å²) in [5, 5.41) is 1.96. The fraction of sp³-hybridized carbons (Fsp3) is 0.417. The van der Waals surface area contributed by atoms with Crippen molar-refractivity contribution in [1.82, 2.24) is 0 Å². The molecule has 0 saturated heterocycles. The van der Waals surface area contributed by atoms with Crippen LogP contribution in [0.1, 0.15) is 19.4 Å². The van der Waals surface area contributed by atoms with E-state index in [4.69, 9.17) is 5.73 Å². The predicted molar refractivity (Wildman–Crippen MR) is 73.1 cm³/mol. The Morgan fingerprint density at radius 3 is 2.50 bits per heavy atom. The number of aryl methyl sites for hydroxylation is 1. The highest BCUT2D eigenvalue weighted by Crippen LogP contribution is 2.17. The van der Waals surface area contributed by atoms with Crippen molar-refractivity contribution in [3.63, 3.8) is 0 Å². The third-order valence-electron chi connectivity index (χ3n) is 2.61. The Balaban J connectivity index is 2.74. The van der Waals surface area contributed by atoms with Crippen LogP contribution >= 0.6 is 0 Å². The van der Waals surface area contributed by atoms with E-state index in [0.29, 0.717) is 11.4 Å². The van der Waals surface area contributed by atoms with Gasteiger partial charge in [-0.2, -0.15) is 0 Å². The number of carbonyl (C=O) groups is 1. The zero-order valence-corrected chi connectivity index (χ0v) is 11.5. The molecule has 1 aromatic rings. The number of amides is 1. The lowest BCUT2D eigenvalue weighted by molar-refractivity contribution is -0.113. The lowest BCUT2D eigenvalue weighted by atomic mass is 10.2. The van der Waals surface area contributed by atoms with E-state index < -0.39 is 26.7 Å². The molecule has 0 fully saturated rings. The molecular weight excluding hydrogens is 252 g/mol. The molecule has 0 atom stereocenters. The topological polar surface area (TPSA) is 89.3 Å². The summed E-state index contributed by atoms with van der Waals surface area (Å²) in [5.41, 5.74) is 7.66. The molecule has 0 aromatic heterocycles. The number of nitrogens with two attached hydrogens (primary N) is 1. The molecule has 3 N–H and O–H groups in total. The van der Waals surface area contributed by atoms with Crippen molar-refractivity contribution in [2.75, 3.05) is 16.8 Å². The Hall–Kier alpha value is -1.56. The van der Waals surface area contributed by atoms with E-state index in [0.717, 1.165) is 5.56 Å². The lowest BCUT2D eigenvalue weighted by Crippen LogP contribution is -2.27. The van der Waals surface area contributed by atoms with Crippen LogP contribution in [-0.2, 0) is 14.6 Å². The Morgan fingerprint density at radius 1 is 1.39 bits per heavy atom. The molecule has 0 spiro atoms. The highest BCUT2D eigenvalue weighted by Gasteiger charge is 2.20. The van der Waals surface area contributed by atoms with Gasteiger partial charge in [-0.05, 0) is 38.5 Å². The number of rotatable bonds is 4. The molecule has 0 bridgehead atoms. The lowest BCUT2D eigenvalue weighted by Gasteiger charge is -2.09. The Kier molecular flexibility index (Phi) is 4.34. The number of nitrogen functional groups attached to an aromatic ring is 1. The zero-order chi connectivity index (χ0) is 13.9. The molecule has 0 radical (unpaired) electrons.